The Labute approximate surface area is 110 Å². The lowest BCUT2D eigenvalue weighted by Crippen LogP contribution is -2.44. The Hall–Kier alpha value is -0.530. The Balaban J connectivity index is 2.07. The standard InChI is InChI=1S/C15H22ClN/c1-12(2)10-17-11-15(8-5-9-15)13-6-3-4-7-14(13)16/h3-4,6-7,12,17H,5,8-11H2,1-2H3. The van der Waals surface area contributed by atoms with Gasteiger partial charge in [0.25, 0.3) is 0 Å². The van der Waals surface area contributed by atoms with Gasteiger partial charge in [0.15, 0.2) is 0 Å². The molecular weight excluding hydrogens is 230 g/mol. The largest absolute Gasteiger partial charge is 0.316 e. The van der Waals surface area contributed by atoms with E-state index >= 15 is 0 Å². The minimum Gasteiger partial charge on any atom is -0.316 e. The maximum atomic E-state index is 6.33. The Bertz CT molecular complexity index is 369. The van der Waals surface area contributed by atoms with Gasteiger partial charge in [-0.25, -0.2) is 0 Å². The van der Waals surface area contributed by atoms with Gasteiger partial charge in [-0.05, 0) is 36.9 Å². The molecule has 1 fully saturated rings. The smallest absolute Gasteiger partial charge is 0.0444 e. The maximum absolute atomic E-state index is 6.33. The summed E-state index contributed by atoms with van der Waals surface area (Å²) < 4.78 is 0. The fourth-order valence-corrected chi connectivity index (χ4v) is 2.97. The average Bonchev–Trinajstić information content (AvgIpc) is 2.23. The molecule has 17 heavy (non-hydrogen) atoms. The van der Waals surface area contributed by atoms with E-state index in [1.165, 1.54) is 24.8 Å². The minimum atomic E-state index is 0.299. The van der Waals surface area contributed by atoms with E-state index in [0.29, 0.717) is 11.3 Å². The third kappa shape index (κ3) is 2.83. The van der Waals surface area contributed by atoms with Gasteiger partial charge in [0.05, 0.1) is 0 Å². The second kappa shape index (κ2) is 5.41. The summed E-state index contributed by atoms with van der Waals surface area (Å²) in [6.45, 7) is 6.65. The van der Waals surface area contributed by atoms with Gasteiger partial charge >= 0.3 is 0 Å². The molecule has 0 unspecified atom stereocenters. The lowest BCUT2D eigenvalue weighted by molar-refractivity contribution is 0.231. The van der Waals surface area contributed by atoms with Crippen molar-refractivity contribution in [1.82, 2.24) is 5.32 Å². The zero-order valence-corrected chi connectivity index (χ0v) is 11.6. The second-order valence-corrected chi connectivity index (χ2v) is 6.05. The van der Waals surface area contributed by atoms with Gasteiger partial charge in [0.1, 0.15) is 0 Å². The second-order valence-electron chi connectivity index (χ2n) is 5.64. The molecular formula is C15H22ClN. The zero-order valence-electron chi connectivity index (χ0n) is 10.8. The van der Waals surface area contributed by atoms with Gasteiger partial charge in [0, 0.05) is 17.0 Å². The first-order valence-electron chi connectivity index (χ1n) is 6.60. The number of hydrogen-bond acceptors (Lipinski definition) is 1. The molecule has 0 heterocycles. The minimum absolute atomic E-state index is 0.299. The summed E-state index contributed by atoms with van der Waals surface area (Å²) in [6.07, 6.45) is 3.86. The van der Waals surface area contributed by atoms with Crippen LogP contribution < -0.4 is 5.32 Å². The molecule has 1 aliphatic carbocycles. The Morgan fingerprint density at radius 3 is 2.53 bits per heavy atom. The van der Waals surface area contributed by atoms with Crippen LogP contribution in [0.4, 0.5) is 0 Å². The predicted molar refractivity (Wildman–Crippen MR) is 74.7 cm³/mol. The Morgan fingerprint density at radius 1 is 1.29 bits per heavy atom. The first-order valence-corrected chi connectivity index (χ1v) is 6.98. The van der Waals surface area contributed by atoms with Gasteiger partial charge in [-0.15, -0.1) is 0 Å². The summed E-state index contributed by atoms with van der Waals surface area (Å²) in [5.41, 5.74) is 1.64. The van der Waals surface area contributed by atoms with E-state index in [0.717, 1.165) is 18.1 Å². The summed E-state index contributed by atoms with van der Waals surface area (Å²) in [5, 5.41) is 4.52. The van der Waals surface area contributed by atoms with Crippen molar-refractivity contribution < 1.29 is 0 Å². The summed E-state index contributed by atoms with van der Waals surface area (Å²) in [4.78, 5) is 0. The van der Waals surface area contributed by atoms with Crippen molar-refractivity contribution in [3.63, 3.8) is 0 Å². The highest BCUT2D eigenvalue weighted by molar-refractivity contribution is 6.31. The molecule has 1 aromatic rings. The molecule has 1 aliphatic rings. The van der Waals surface area contributed by atoms with Crippen LogP contribution in [0.1, 0.15) is 38.7 Å². The van der Waals surface area contributed by atoms with Gasteiger partial charge in [-0.2, -0.15) is 0 Å². The van der Waals surface area contributed by atoms with Gasteiger partial charge in [-0.3, -0.25) is 0 Å². The molecule has 1 saturated carbocycles. The van der Waals surface area contributed by atoms with Crippen molar-refractivity contribution in [3.8, 4) is 0 Å². The van der Waals surface area contributed by atoms with Crippen molar-refractivity contribution in [2.24, 2.45) is 5.92 Å². The highest BCUT2D eigenvalue weighted by atomic mass is 35.5. The quantitative estimate of drug-likeness (QED) is 0.834. The molecule has 2 heteroatoms. The lowest BCUT2D eigenvalue weighted by atomic mass is 9.64. The molecule has 0 radical (unpaired) electrons. The first-order chi connectivity index (χ1) is 8.14. The van der Waals surface area contributed by atoms with E-state index < -0.39 is 0 Å². The number of hydrogen-bond donors (Lipinski definition) is 1. The molecule has 0 amide bonds. The van der Waals surface area contributed by atoms with Gasteiger partial charge < -0.3 is 5.32 Å². The number of nitrogens with one attached hydrogen (secondary N) is 1. The SMILES string of the molecule is CC(C)CNCC1(c2ccccc2Cl)CCC1. The summed E-state index contributed by atoms with van der Waals surface area (Å²) in [6, 6.07) is 8.32. The number of benzene rings is 1. The zero-order chi connectivity index (χ0) is 12.3. The Morgan fingerprint density at radius 2 is 2.00 bits per heavy atom. The molecule has 1 N–H and O–H groups in total. The van der Waals surface area contributed by atoms with Crippen LogP contribution in [0.15, 0.2) is 24.3 Å². The molecule has 0 aliphatic heterocycles. The van der Waals surface area contributed by atoms with Crippen LogP contribution in [0.2, 0.25) is 5.02 Å². The number of halogens is 1. The van der Waals surface area contributed by atoms with Crippen molar-refractivity contribution in [1.29, 1.82) is 0 Å². The van der Waals surface area contributed by atoms with E-state index in [-0.39, 0.29) is 0 Å². The third-order valence-electron chi connectivity index (χ3n) is 3.77. The fraction of sp³-hybridized carbons (Fsp3) is 0.600. The molecule has 1 aromatic carbocycles. The molecule has 1 nitrogen and oxygen atoms in total. The summed E-state index contributed by atoms with van der Waals surface area (Å²) in [7, 11) is 0. The molecule has 2 rings (SSSR count). The fourth-order valence-electron chi connectivity index (χ4n) is 2.64. The topological polar surface area (TPSA) is 12.0 Å². The van der Waals surface area contributed by atoms with Crippen molar-refractivity contribution in [2.45, 2.75) is 38.5 Å². The molecule has 0 saturated heterocycles. The average molecular weight is 252 g/mol. The summed E-state index contributed by atoms with van der Waals surface area (Å²) in [5.74, 6) is 0.707. The molecule has 0 bridgehead atoms. The lowest BCUT2D eigenvalue weighted by Gasteiger charge is -2.43. The van der Waals surface area contributed by atoms with Crippen LogP contribution in [0, 0.1) is 5.92 Å². The van der Waals surface area contributed by atoms with Crippen LogP contribution in [-0.2, 0) is 5.41 Å². The maximum Gasteiger partial charge on any atom is 0.0444 e. The normalized spacial score (nSPS) is 18.1. The van der Waals surface area contributed by atoms with Crippen molar-refractivity contribution in [3.05, 3.63) is 34.9 Å². The molecule has 0 aromatic heterocycles. The predicted octanol–water partition coefficient (Wildman–Crippen LogP) is 4.01. The molecule has 0 atom stereocenters. The van der Waals surface area contributed by atoms with E-state index in [1.54, 1.807) is 0 Å². The van der Waals surface area contributed by atoms with Crippen LogP contribution in [-0.4, -0.2) is 13.1 Å². The van der Waals surface area contributed by atoms with E-state index in [4.69, 9.17) is 11.6 Å². The number of rotatable bonds is 5. The van der Waals surface area contributed by atoms with Crippen LogP contribution in [0.3, 0.4) is 0 Å². The summed E-state index contributed by atoms with van der Waals surface area (Å²) >= 11 is 6.33. The van der Waals surface area contributed by atoms with Crippen molar-refractivity contribution >= 4 is 11.6 Å². The first kappa shape index (κ1) is 12.9. The highest BCUT2D eigenvalue weighted by Gasteiger charge is 2.39. The van der Waals surface area contributed by atoms with E-state index in [2.05, 4.69) is 31.3 Å². The molecule has 94 valence electrons. The molecule has 0 spiro atoms. The van der Waals surface area contributed by atoms with Crippen molar-refractivity contribution in [2.75, 3.05) is 13.1 Å². The van der Waals surface area contributed by atoms with Crippen LogP contribution in [0.5, 0.6) is 0 Å². The van der Waals surface area contributed by atoms with E-state index in [1.807, 2.05) is 12.1 Å². The van der Waals surface area contributed by atoms with Crippen LogP contribution in [0.25, 0.3) is 0 Å². The monoisotopic (exact) mass is 251 g/mol. The van der Waals surface area contributed by atoms with Gasteiger partial charge in [0.2, 0.25) is 0 Å². The van der Waals surface area contributed by atoms with Crippen LogP contribution >= 0.6 is 11.6 Å². The van der Waals surface area contributed by atoms with E-state index in [9.17, 15) is 0 Å². The van der Waals surface area contributed by atoms with Gasteiger partial charge in [-0.1, -0.05) is 50.1 Å². The highest BCUT2D eigenvalue weighted by Crippen LogP contribution is 2.45. The third-order valence-corrected chi connectivity index (χ3v) is 4.10. The Kier molecular flexibility index (Phi) is 4.11.